The Bertz CT molecular complexity index is 1030. The van der Waals surface area contributed by atoms with Gasteiger partial charge in [0.2, 0.25) is 5.91 Å². The van der Waals surface area contributed by atoms with Gasteiger partial charge in [0.15, 0.2) is 0 Å². The Kier molecular flexibility index (Phi) is 8.78. The molecule has 0 aromatic heterocycles. The summed E-state index contributed by atoms with van der Waals surface area (Å²) >= 11 is 0. The van der Waals surface area contributed by atoms with Crippen molar-refractivity contribution in [2.75, 3.05) is 59.4 Å². The lowest BCUT2D eigenvalue weighted by molar-refractivity contribution is -0.117. The van der Waals surface area contributed by atoms with E-state index < -0.39 is 17.6 Å². The van der Waals surface area contributed by atoms with Gasteiger partial charge in [0.25, 0.3) is 0 Å². The van der Waals surface area contributed by atoms with Crippen molar-refractivity contribution in [2.24, 2.45) is 0 Å². The second kappa shape index (κ2) is 11.8. The summed E-state index contributed by atoms with van der Waals surface area (Å²) in [7, 11) is 4.37. The first-order valence-corrected chi connectivity index (χ1v) is 10.9. The zero-order valence-corrected chi connectivity index (χ0v) is 19.5. The first-order chi connectivity index (χ1) is 16.3. The Morgan fingerprint density at radius 1 is 0.971 bits per heavy atom. The number of hydrogen-bond donors (Lipinski definition) is 1. The number of hydrogen-bond acceptors (Lipinski definition) is 7. The third-order valence-electron chi connectivity index (χ3n) is 5.68. The fourth-order valence-electron chi connectivity index (χ4n) is 3.92. The van der Waals surface area contributed by atoms with Crippen molar-refractivity contribution in [3.05, 3.63) is 53.1 Å². The molecule has 0 radical (unpaired) electrons. The number of nitrogens with zero attached hydrogens (tertiary/aromatic N) is 2. The monoisotopic (exact) mass is 477 g/mol. The number of esters is 1. The number of nitrogens with one attached hydrogen (secondary N) is 1. The number of benzene rings is 2. The lowest BCUT2D eigenvalue weighted by Gasteiger charge is -2.24. The van der Waals surface area contributed by atoms with Crippen molar-refractivity contribution >= 4 is 17.6 Å². The van der Waals surface area contributed by atoms with Crippen LogP contribution in [-0.2, 0) is 16.1 Å². The minimum Gasteiger partial charge on any atom is -0.497 e. The number of amides is 1. The Hall–Kier alpha value is -3.24. The van der Waals surface area contributed by atoms with Crippen molar-refractivity contribution in [3.8, 4) is 11.5 Å². The van der Waals surface area contributed by atoms with E-state index in [-0.39, 0.29) is 18.1 Å². The molecule has 1 aliphatic rings. The van der Waals surface area contributed by atoms with E-state index in [1.165, 1.54) is 27.4 Å². The van der Waals surface area contributed by atoms with Crippen LogP contribution < -0.4 is 14.8 Å². The average Bonchev–Trinajstić information content (AvgIpc) is 3.05. The number of rotatable bonds is 8. The Balaban J connectivity index is 1.64. The molecule has 1 aliphatic heterocycles. The number of ether oxygens (including phenoxy) is 3. The average molecular weight is 478 g/mol. The molecule has 1 fully saturated rings. The van der Waals surface area contributed by atoms with Crippen LogP contribution in [0.2, 0.25) is 0 Å². The maximum absolute atomic E-state index is 13.8. The van der Waals surface area contributed by atoms with Gasteiger partial charge >= 0.3 is 5.97 Å². The van der Waals surface area contributed by atoms with E-state index in [2.05, 4.69) is 10.2 Å². The van der Waals surface area contributed by atoms with Crippen LogP contribution >= 0.6 is 0 Å². The van der Waals surface area contributed by atoms with E-state index in [4.69, 9.17) is 14.2 Å². The number of carbonyl (C=O) groups excluding carboxylic acids is 2. The van der Waals surface area contributed by atoms with Crippen molar-refractivity contribution in [1.29, 1.82) is 0 Å². The van der Waals surface area contributed by atoms with Gasteiger partial charge in [-0.1, -0.05) is 0 Å². The third kappa shape index (κ3) is 6.42. The summed E-state index contributed by atoms with van der Waals surface area (Å²) in [4.78, 5) is 28.9. The third-order valence-corrected chi connectivity index (χ3v) is 5.68. The van der Waals surface area contributed by atoms with Gasteiger partial charge < -0.3 is 19.5 Å². The first kappa shape index (κ1) is 25.4. The highest BCUT2D eigenvalue weighted by atomic mass is 19.1. The number of carbonyl (C=O) groups is 2. The quantitative estimate of drug-likeness (QED) is 0.586. The van der Waals surface area contributed by atoms with Gasteiger partial charge in [-0.25, -0.2) is 13.6 Å². The summed E-state index contributed by atoms with van der Waals surface area (Å²) < 4.78 is 42.6. The molecule has 0 atom stereocenters. The Labute approximate surface area is 197 Å². The zero-order valence-electron chi connectivity index (χ0n) is 19.5. The lowest BCUT2D eigenvalue weighted by atomic mass is 10.0. The van der Waals surface area contributed by atoms with Gasteiger partial charge in [0.1, 0.15) is 23.1 Å². The Morgan fingerprint density at radius 3 is 2.38 bits per heavy atom. The maximum atomic E-state index is 13.8. The van der Waals surface area contributed by atoms with E-state index in [0.717, 1.165) is 25.1 Å². The number of anilines is 1. The Morgan fingerprint density at radius 2 is 1.71 bits per heavy atom. The van der Waals surface area contributed by atoms with Crippen molar-refractivity contribution in [1.82, 2.24) is 9.80 Å². The molecule has 1 N–H and O–H groups in total. The summed E-state index contributed by atoms with van der Waals surface area (Å²) in [6, 6.07) is 6.39. The van der Waals surface area contributed by atoms with Gasteiger partial charge in [-0.2, -0.15) is 0 Å². The minimum absolute atomic E-state index is 0.0511. The van der Waals surface area contributed by atoms with Crippen molar-refractivity contribution < 1.29 is 32.6 Å². The molecule has 0 spiro atoms. The topological polar surface area (TPSA) is 80.3 Å². The normalized spacial score (nSPS) is 14.9. The molecule has 0 bridgehead atoms. The smallest absolute Gasteiger partial charge is 0.338 e. The van der Waals surface area contributed by atoms with Crippen LogP contribution in [0.4, 0.5) is 14.5 Å². The molecular weight excluding hydrogens is 448 g/mol. The second-order valence-electron chi connectivity index (χ2n) is 7.93. The molecule has 10 heteroatoms. The van der Waals surface area contributed by atoms with Gasteiger partial charge in [-0.05, 0) is 37.7 Å². The van der Waals surface area contributed by atoms with Gasteiger partial charge in [0, 0.05) is 37.3 Å². The summed E-state index contributed by atoms with van der Waals surface area (Å²) in [6.45, 7) is 3.22. The van der Waals surface area contributed by atoms with Crippen LogP contribution in [0.1, 0.15) is 22.3 Å². The van der Waals surface area contributed by atoms with Crippen LogP contribution in [-0.4, -0.2) is 75.7 Å². The molecule has 0 saturated carbocycles. The molecular formula is C24H29F2N3O5. The van der Waals surface area contributed by atoms with Crippen LogP contribution in [0, 0.1) is 11.6 Å². The molecule has 184 valence electrons. The largest absolute Gasteiger partial charge is 0.497 e. The summed E-state index contributed by atoms with van der Waals surface area (Å²) in [5, 5.41) is 2.49. The highest BCUT2D eigenvalue weighted by Crippen LogP contribution is 2.31. The fraction of sp³-hybridized carbons (Fsp3) is 0.417. The number of halogens is 2. The van der Waals surface area contributed by atoms with Crippen LogP contribution in [0.25, 0.3) is 0 Å². The van der Waals surface area contributed by atoms with E-state index in [1.807, 2.05) is 4.90 Å². The predicted molar refractivity (Wildman–Crippen MR) is 122 cm³/mol. The van der Waals surface area contributed by atoms with E-state index in [0.29, 0.717) is 48.8 Å². The summed E-state index contributed by atoms with van der Waals surface area (Å²) in [5.41, 5.74) is 1.03. The molecule has 2 aromatic rings. The SMILES string of the molecule is COC(=O)c1cc(OC)cc(OC)c1CN1CCCN(CC(=O)Nc2ccc(F)cc2F)CC1. The van der Waals surface area contributed by atoms with E-state index in [9.17, 15) is 18.4 Å². The van der Waals surface area contributed by atoms with Gasteiger partial charge in [-0.3, -0.25) is 14.6 Å². The molecule has 1 saturated heterocycles. The van der Waals surface area contributed by atoms with Crippen LogP contribution in [0.5, 0.6) is 11.5 Å². The molecule has 1 heterocycles. The highest BCUT2D eigenvalue weighted by molar-refractivity contribution is 5.93. The first-order valence-electron chi connectivity index (χ1n) is 10.9. The molecule has 8 nitrogen and oxygen atoms in total. The maximum Gasteiger partial charge on any atom is 0.338 e. The van der Waals surface area contributed by atoms with Gasteiger partial charge in [-0.15, -0.1) is 0 Å². The van der Waals surface area contributed by atoms with Crippen LogP contribution in [0.15, 0.2) is 30.3 Å². The lowest BCUT2D eigenvalue weighted by Crippen LogP contribution is -2.36. The van der Waals surface area contributed by atoms with Crippen molar-refractivity contribution in [3.63, 3.8) is 0 Å². The second-order valence-corrected chi connectivity index (χ2v) is 7.93. The fourth-order valence-corrected chi connectivity index (χ4v) is 3.92. The van der Waals surface area contributed by atoms with E-state index >= 15 is 0 Å². The van der Waals surface area contributed by atoms with E-state index in [1.54, 1.807) is 12.1 Å². The number of methoxy groups -OCH3 is 3. The minimum atomic E-state index is -0.815. The molecule has 3 rings (SSSR count). The van der Waals surface area contributed by atoms with Crippen LogP contribution in [0.3, 0.4) is 0 Å². The molecule has 0 aliphatic carbocycles. The predicted octanol–water partition coefficient (Wildman–Crippen LogP) is 2.92. The zero-order chi connectivity index (χ0) is 24.7. The summed E-state index contributed by atoms with van der Waals surface area (Å²) in [5.74, 6) is -1.34. The summed E-state index contributed by atoms with van der Waals surface area (Å²) in [6.07, 6.45) is 0.796. The highest BCUT2D eigenvalue weighted by Gasteiger charge is 2.23. The van der Waals surface area contributed by atoms with Crippen molar-refractivity contribution in [2.45, 2.75) is 13.0 Å². The molecule has 34 heavy (non-hydrogen) atoms. The van der Waals surface area contributed by atoms with Gasteiger partial charge in [0.05, 0.1) is 39.1 Å². The molecule has 1 amide bonds. The standard InChI is InChI=1S/C24H29F2N3O5/c1-32-17-12-18(24(31)34-3)19(22(13-17)33-2)14-28-7-4-8-29(10-9-28)15-23(30)27-21-6-5-16(25)11-20(21)26/h5-6,11-13H,4,7-10,14-15H2,1-3H3,(H,27,30). The molecule has 0 unspecified atom stereocenters. The molecule has 2 aromatic carbocycles.